The third-order valence-corrected chi connectivity index (χ3v) is 6.14. The van der Waals surface area contributed by atoms with Crippen LogP contribution in [0.1, 0.15) is 25.7 Å². The van der Waals surface area contributed by atoms with Crippen LogP contribution >= 0.6 is 0 Å². The zero-order chi connectivity index (χ0) is 22.1. The molecule has 1 atom stereocenters. The van der Waals surface area contributed by atoms with E-state index in [0.717, 1.165) is 32.4 Å². The number of carbonyl (C=O) groups excluding carboxylic acids is 2. The van der Waals surface area contributed by atoms with Crippen LogP contribution < -0.4 is 15.4 Å². The van der Waals surface area contributed by atoms with Crippen molar-refractivity contribution >= 4 is 28.6 Å². The van der Waals surface area contributed by atoms with Crippen LogP contribution in [0.5, 0.6) is 5.75 Å². The molecule has 2 aliphatic rings. The number of aryl methyl sites for hydroxylation is 1. The van der Waals surface area contributed by atoms with Gasteiger partial charge in [0.25, 0.3) is 5.91 Å². The second-order valence-electron chi connectivity index (χ2n) is 8.20. The molecule has 1 aromatic heterocycles. The fourth-order valence-electron chi connectivity index (χ4n) is 4.49. The topological polar surface area (TPSA) is 85.0 Å². The zero-order valence-corrected chi connectivity index (χ0v) is 17.7. The highest BCUT2D eigenvalue weighted by Gasteiger charge is 2.36. The molecule has 8 nitrogen and oxygen atoms in total. The number of piperidine rings is 1. The van der Waals surface area contributed by atoms with Gasteiger partial charge in [0, 0.05) is 26.1 Å². The Labute approximate surface area is 185 Å². The van der Waals surface area contributed by atoms with Gasteiger partial charge in [0.1, 0.15) is 5.75 Å². The van der Waals surface area contributed by atoms with Gasteiger partial charge < -0.3 is 19.0 Å². The predicted molar refractivity (Wildman–Crippen MR) is 119 cm³/mol. The van der Waals surface area contributed by atoms with Gasteiger partial charge in [-0.1, -0.05) is 24.3 Å². The Morgan fingerprint density at radius 2 is 1.72 bits per heavy atom. The molecular formula is C24H25N3O5. The van der Waals surface area contributed by atoms with Gasteiger partial charge in [-0.15, -0.1) is 0 Å². The molecule has 1 fully saturated rings. The molecule has 3 heterocycles. The first-order valence-electron chi connectivity index (χ1n) is 11.0. The second-order valence-corrected chi connectivity index (χ2v) is 8.20. The van der Waals surface area contributed by atoms with E-state index in [9.17, 15) is 14.4 Å². The van der Waals surface area contributed by atoms with E-state index in [1.54, 1.807) is 29.2 Å². The maximum atomic E-state index is 13.2. The number of carbonyl (C=O) groups is 2. The summed E-state index contributed by atoms with van der Waals surface area (Å²) in [6.07, 6.45) is 2.48. The third kappa shape index (κ3) is 3.77. The van der Waals surface area contributed by atoms with Gasteiger partial charge in [-0.25, -0.2) is 4.79 Å². The summed E-state index contributed by atoms with van der Waals surface area (Å²) in [4.78, 5) is 42.0. The molecule has 32 heavy (non-hydrogen) atoms. The van der Waals surface area contributed by atoms with Crippen molar-refractivity contribution in [2.45, 2.75) is 38.3 Å². The number of aromatic nitrogens is 1. The molecule has 0 radical (unpaired) electrons. The fourth-order valence-corrected chi connectivity index (χ4v) is 4.49. The summed E-state index contributed by atoms with van der Waals surface area (Å²) in [5.74, 6) is -0.212. The number of oxazole rings is 1. The van der Waals surface area contributed by atoms with Gasteiger partial charge in [-0.3, -0.25) is 14.2 Å². The molecule has 2 aromatic carbocycles. The number of likely N-dealkylation sites (tertiary alicyclic amines) is 1. The molecule has 1 saturated heterocycles. The normalized spacial score (nSPS) is 18.3. The molecule has 0 N–H and O–H groups in total. The largest absolute Gasteiger partial charge is 0.476 e. The van der Waals surface area contributed by atoms with E-state index in [4.69, 9.17) is 9.15 Å². The number of anilines is 1. The van der Waals surface area contributed by atoms with E-state index >= 15 is 0 Å². The summed E-state index contributed by atoms with van der Waals surface area (Å²) in [7, 11) is 0. The molecule has 0 unspecified atom stereocenters. The number of benzene rings is 2. The molecule has 166 valence electrons. The summed E-state index contributed by atoms with van der Waals surface area (Å²) >= 11 is 0. The molecule has 2 amide bonds. The molecule has 3 aromatic rings. The van der Waals surface area contributed by atoms with E-state index in [1.165, 1.54) is 4.57 Å². The lowest BCUT2D eigenvalue weighted by molar-refractivity contribution is -0.139. The van der Waals surface area contributed by atoms with Crippen LogP contribution in [0.3, 0.4) is 0 Å². The van der Waals surface area contributed by atoms with Gasteiger partial charge in [-0.2, -0.15) is 0 Å². The Balaban J connectivity index is 1.36. The number of fused-ring (bicyclic) bond motifs is 2. The SMILES string of the molecule is O=C([C@H]1CN(C(=O)CCn2c(=O)oc3ccccc32)c2ccccc2O1)N1CCCCC1. The Morgan fingerprint density at radius 1 is 0.969 bits per heavy atom. The minimum atomic E-state index is -0.732. The summed E-state index contributed by atoms with van der Waals surface area (Å²) in [6.45, 7) is 1.81. The van der Waals surface area contributed by atoms with Gasteiger partial charge in [0.05, 0.1) is 17.7 Å². The maximum absolute atomic E-state index is 13.2. The van der Waals surface area contributed by atoms with Crippen molar-refractivity contribution < 1.29 is 18.7 Å². The molecular weight excluding hydrogens is 410 g/mol. The van der Waals surface area contributed by atoms with E-state index in [0.29, 0.717) is 22.5 Å². The van der Waals surface area contributed by atoms with Crippen molar-refractivity contribution in [2.24, 2.45) is 0 Å². The maximum Gasteiger partial charge on any atom is 0.419 e. The average Bonchev–Trinajstić information content (AvgIpc) is 3.16. The molecule has 0 spiro atoms. The summed E-state index contributed by atoms with van der Waals surface area (Å²) in [6, 6.07) is 14.4. The monoisotopic (exact) mass is 435 g/mol. The van der Waals surface area contributed by atoms with Crippen LogP contribution in [0.25, 0.3) is 11.1 Å². The second kappa shape index (κ2) is 8.53. The molecule has 0 aliphatic carbocycles. The standard InChI is InChI=1S/C24H25N3O5/c28-22(12-15-26-17-8-2-5-11-20(17)32-24(26)30)27-16-21(23(29)25-13-6-1-7-14-25)31-19-10-4-3-9-18(19)27/h2-5,8-11,21H,1,6-7,12-16H2/t21-/m1/s1. The molecule has 0 saturated carbocycles. The fraction of sp³-hybridized carbons (Fsp3) is 0.375. The van der Waals surface area contributed by atoms with Crippen LogP contribution in [0.2, 0.25) is 0 Å². The number of rotatable bonds is 4. The lowest BCUT2D eigenvalue weighted by Crippen LogP contribution is -2.53. The lowest BCUT2D eigenvalue weighted by Gasteiger charge is -2.37. The number of hydrogen-bond acceptors (Lipinski definition) is 5. The van der Waals surface area contributed by atoms with Crippen molar-refractivity contribution in [1.29, 1.82) is 0 Å². The van der Waals surface area contributed by atoms with Crippen molar-refractivity contribution in [3.05, 3.63) is 59.1 Å². The van der Waals surface area contributed by atoms with E-state index in [1.807, 2.05) is 29.2 Å². The van der Waals surface area contributed by atoms with Crippen molar-refractivity contribution in [3.63, 3.8) is 0 Å². The van der Waals surface area contributed by atoms with E-state index in [-0.39, 0.29) is 31.3 Å². The van der Waals surface area contributed by atoms with Crippen LogP contribution in [-0.2, 0) is 16.1 Å². The molecule has 5 rings (SSSR count). The first-order valence-corrected chi connectivity index (χ1v) is 11.0. The number of ether oxygens (including phenoxy) is 1. The van der Waals surface area contributed by atoms with Crippen molar-refractivity contribution in [1.82, 2.24) is 9.47 Å². The Hall–Kier alpha value is -3.55. The molecule has 8 heteroatoms. The molecule has 0 bridgehead atoms. The summed E-state index contributed by atoms with van der Waals surface area (Å²) < 4.78 is 12.7. The van der Waals surface area contributed by atoms with Gasteiger partial charge in [-0.05, 0) is 43.5 Å². The Bertz CT molecular complexity index is 1210. The van der Waals surface area contributed by atoms with Crippen molar-refractivity contribution in [3.8, 4) is 5.75 Å². The van der Waals surface area contributed by atoms with E-state index in [2.05, 4.69) is 0 Å². The third-order valence-electron chi connectivity index (χ3n) is 6.14. The van der Waals surface area contributed by atoms with Gasteiger partial charge in [0.15, 0.2) is 11.7 Å². The predicted octanol–water partition coefficient (Wildman–Crippen LogP) is 2.79. The van der Waals surface area contributed by atoms with Gasteiger partial charge >= 0.3 is 5.76 Å². The summed E-state index contributed by atoms with van der Waals surface area (Å²) in [5, 5.41) is 0. The minimum absolute atomic E-state index is 0.0750. The average molecular weight is 435 g/mol. The van der Waals surface area contributed by atoms with Crippen LogP contribution in [0.4, 0.5) is 5.69 Å². The van der Waals surface area contributed by atoms with Crippen LogP contribution in [-0.4, -0.2) is 47.0 Å². The van der Waals surface area contributed by atoms with Crippen LogP contribution in [0.15, 0.2) is 57.7 Å². The highest BCUT2D eigenvalue weighted by Crippen LogP contribution is 2.34. The quantitative estimate of drug-likeness (QED) is 0.629. The summed E-state index contributed by atoms with van der Waals surface area (Å²) in [5.41, 5.74) is 1.80. The number of para-hydroxylation sites is 4. The van der Waals surface area contributed by atoms with Crippen LogP contribution in [0, 0.1) is 0 Å². The smallest absolute Gasteiger partial charge is 0.419 e. The first kappa shape index (κ1) is 20.4. The highest BCUT2D eigenvalue weighted by atomic mass is 16.5. The zero-order valence-electron chi connectivity index (χ0n) is 17.7. The lowest BCUT2D eigenvalue weighted by atomic mass is 10.1. The number of amides is 2. The molecule has 2 aliphatic heterocycles. The highest BCUT2D eigenvalue weighted by molar-refractivity contribution is 5.97. The Morgan fingerprint density at radius 3 is 2.56 bits per heavy atom. The van der Waals surface area contributed by atoms with Crippen molar-refractivity contribution in [2.75, 3.05) is 24.5 Å². The number of nitrogens with zero attached hydrogens (tertiary/aromatic N) is 3. The van der Waals surface area contributed by atoms with E-state index < -0.39 is 11.9 Å². The Kier molecular flexibility index (Phi) is 5.43. The first-order chi connectivity index (χ1) is 15.6. The number of hydrogen-bond donors (Lipinski definition) is 0. The van der Waals surface area contributed by atoms with Gasteiger partial charge in [0.2, 0.25) is 5.91 Å². The minimum Gasteiger partial charge on any atom is -0.476 e.